The first kappa shape index (κ1) is 18.2. The number of urea groups is 1. The van der Waals surface area contributed by atoms with Gasteiger partial charge in [-0.05, 0) is 24.3 Å². The van der Waals surface area contributed by atoms with Crippen LogP contribution in [0.4, 0.5) is 16.2 Å². The number of likely N-dealkylation sites (N-methyl/N-ethyl adjacent to an activating group) is 1. The molecule has 4 amide bonds. The van der Waals surface area contributed by atoms with Gasteiger partial charge in [0.25, 0.3) is 11.8 Å². The number of esters is 1. The standard InChI is InChI=1S/C16H20N4O5/c1-18(2)12-6-4-11(5-7-12)17-13(21)10-25-15(23)9-20-14(22)8-19(3)16(20)24/h4-7H,8-10H2,1-3H3,(H,17,21). The lowest BCUT2D eigenvalue weighted by Gasteiger charge is -2.14. The second-order valence-electron chi connectivity index (χ2n) is 5.77. The van der Waals surface area contributed by atoms with Gasteiger partial charge in [-0.15, -0.1) is 0 Å². The third-order valence-corrected chi connectivity index (χ3v) is 3.55. The van der Waals surface area contributed by atoms with Crippen LogP contribution in [-0.2, 0) is 19.1 Å². The number of imide groups is 1. The number of rotatable bonds is 6. The number of carbonyl (C=O) groups is 4. The van der Waals surface area contributed by atoms with E-state index < -0.39 is 37.0 Å². The predicted molar refractivity (Wildman–Crippen MR) is 90.1 cm³/mol. The second kappa shape index (κ2) is 7.65. The van der Waals surface area contributed by atoms with Crippen molar-refractivity contribution in [2.45, 2.75) is 0 Å². The highest BCUT2D eigenvalue weighted by atomic mass is 16.5. The topological polar surface area (TPSA) is 99.3 Å². The van der Waals surface area contributed by atoms with Gasteiger partial charge < -0.3 is 19.9 Å². The monoisotopic (exact) mass is 348 g/mol. The molecule has 1 aliphatic heterocycles. The van der Waals surface area contributed by atoms with E-state index in [9.17, 15) is 19.2 Å². The van der Waals surface area contributed by atoms with Crippen molar-refractivity contribution < 1.29 is 23.9 Å². The summed E-state index contributed by atoms with van der Waals surface area (Å²) in [5.74, 6) is -1.81. The minimum absolute atomic E-state index is 0.0739. The van der Waals surface area contributed by atoms with Gasteiger partial charge in [0.15, 0.2) is 6.61 Å². The highest BCUT2D eigenvalue weighted by Crippen LogP contribution is 2.15. The summed E-state index contributed by atoms with van der Waals surface area (Å²) in [5, 5.41) is 2.59. The highest BCUT2D eigenvalue weighted by molar-refractivity contribution is 6.04. The summed E-state index contributed by atoms with van der Waals surface area (Å²) in [6.07, 6.45) is 0. The van der Waals surface area contributed by atoms with Crippen LogP contribution in [-0.4, -0.2) is 74.5 Å². The largest absolute Gasteiger partial charge is 0.454 e. The molecule has 9 nitrogen and oxygen atoms in total. The Morgan fingerprint density at radius 2 is 1.84 bits per heavy atom. The first-order chi connectivity index (χ1) is 11.8. The maximum atomic E-state index is 11.8. The molecule has 1 heterocycles. The Morgan fingerprint density at radius 1 is 1.20 bits per heavy atom. The van der Waals surface area contributed by atoms with E-state index in [1.165, 1.54) is 11.9 Å². The van der Waals surface area contributed by atoms with Gasteiger partial charge in [0, 0.05) is 32.5 Å². The van der Waals surface area contributed by atoms with Gasteiger partial charge in [-0.25, -0.2) is 4.79 Å². The first-order valence-corrected chi connectivity index (χ1v) is 7.56. The number of ether oxygens (including phenoxy) is 1. The summed E-state index contributed by atoms with van der Waals surface area (Å²) in [4.78, 5) is 50.6. The summed E-state index contributed by atoms with van der Waals surface area (Å²) in [7, 11) is 5.27. The second-order valence-corrected chi connectivity index (χ2v) is 5.77. The average molecular weight is 348 g/mol. The van der Waals surface area contributed by atoms with E-state index in [1.807, 2.05) is 31.1 Å². The maximum absolute atomic E-state index is 11.8. The molecule has 1 fully saturated rings. The van der Waals surface area contributed by atoms with Gasteiger partial charge >= 0.3 is 12.0 Å². The molecule has 1 aliphatic rings. The van der Waals surface area contributed by atoms with Crippen LogP contribution < -0.4 is 10.2 Å². The van der Waals surface area contributed by atoms with Crippen molar-refractivity contribution in [2.75, 3.05) is 51.1 Å². The Morgan fingerprint density at radius 3 is 2.36 bits per heavy atom. The zero-order valence-electron chi connectivity index (χ0n) is 14.3. The van der Waals surface area contributed by atoms with Gasteiger partial charge in [-0.1, -0.05) is 0 Å². The molecule has 0 bridgehead atoms. The SMILES string of the molecule is CN1CC(=O)N(CC(=O)OCC(=O)Nc2ccc(N(C)C)cc2)C1=O. The molecule has 134 valence electrons. The number of nitrogens with zero attached hydrogens (tertiary/aromatic N) is 3. The van der Waals surface area contributed by atoms with Crippen LogP contribution in [0.2, 0.25) is 0 Å². The molecule has 0 atom stereocenters. The van der Waals surface area contributed by atoms with Crippen molar-refractivity contribution in [3.63, 3.8) is 0 Å². The Hall–Kier alpha value is -3.10. The molecule has 1 aromatic rings. The van der Waals surface area contributed by atoms with Crippen LogP contribution in [0.5, 0.6) is 0 Å². The number of hydrogen-bond donors (Lipinski definition) is 1. The Balaban J connectivity index is 1.78. The summed E-state index contributed by atoms with van der Waals surface area (Å²) in [6.45, 7) is -1.08. The average Bonchev–Trinajstić information content (AvgIpc) is 2.80. The van der Waals surface area contributed by atoms with Crippen molar-refractivity contribution in [1.29, 1.82) is 0 Å². The van der Waals surface area contributed by atoms with Crippen molar-refractivity contribution >= 4 is 35.2 Å². The van der Waals surface area contributed by atoms with Gasteiger partial charge in [-0.2, -0.15) is 0 Å². The Bertz CT molecular complexity index is 686. The first-order valence-electron chi connectivity index (χ1n) is 7.56. The van der Waals surface area contributed by atoms with E-state index in [-0.39, 0.29) is 6.54 Å². The summed E-state index contributed by atoms with van der Waals surface area (Å²) in [5.41, 5.74) is 1.55. The fraction of sp³-hybridized carbons (Fsp3) is 0.375. The van der Waals surface area contributed by atoms with Crippen molar-refractivity contribution in [1.82, 2.24) is 9.80 Å². The van der Waals surface area contributed by atoms with Crippen LogP contribution in [0, 0.1) is 0 Å². The van der Waals surface area contributed by atoms with E-state index >= 15 is 0 Å². The highest BCUT2D eigenvalue weighted by Gasteiger charge is 2.35. The number of amides is 4. The van der Waals surface area contributed by atoms with Gasteiger partial charge in [0.2, 0.25) is 0 Å². The van der Waals surface area contributed by atoms with E-state index in [4.69, 9.17) is 4.74 Å². The minimum Gasteiger partial charge on any atom is -0.454 e. The van der Waals surface area contributed by atoms with Crippen LogP contribution in [0.1, 0.15) is 0 Å². The zero-order chi connectivity index (χ0) is 18.6. The lowest BCUT2D eigenvalue weighted by molar-refractivity contribution is -0.149. The fourth-order valence-corrected chi connectivity index (χ4v) is 2.19. The molecule has 9 heteroatoms. The maximum Gasteiger partial charge on any atom is 0.327 e. The molecule has 0 aliphatic carbocycles. The molecular formula is C16H20N4O5. The molecule has 1 N–H and O–H groups in total. The normalized spacial score (nSPS) is 13.9. The number of benzene rings is 1. The van der Waals surface area contributed by atoms with Gasteiger partial charge in [0.1, 0.15) is 13.1 Å². The molecule has 2 rings (SSSR count). The summed E-state index contributed by atoms with van der Waals surface area (Å²) >= 11 is 0. The molecule has 0 spiro atoms. The summed E-state index contributed by atoms with van der Waals surface area (Å²) < 4.78 is 4.81. The minimum atomic E-state index is -0.824. The van der Waals surface area contributed by atoms with Crippen molar-refractivity contribution in [3.05, 3.63) is 24.3 Å². The zero-order valence-corrected chi connectivity index (χ0v) is 14.3. The van der Waals surface area contributed by atoms with E-state index in [2.05, 4.69) is 5.32 Å². The molecule has 1 aromatic carbocycles. The quantitative estimate of drug-likeness (QED) is 0.579. The van der Waals surface area contributed by atoms with Gasteiger partial charge in [0.05, 0.1) is 0 Å². The van der Waals surface area contributed by atoms with E-state index in [1.54, 1.807) is 12.1 Å². The van der Waals surface area contributed by atoms with E-state index in [0.29, 0.717) is 5.69 Å². The smallest absolute Gasteiger partial charge is 0.327 e. The summed E-state index contributed by atoms with van der Waals surface area (Å²) in [6, 6.07) is 6.57. The number of nitrogens with one attached hydrogen (secondary N) is 1. The molecule has 0 unspecified atom stereocenters. The fourth-order valence-electron chi connectivity index (χ4n) is 2.19. The lowest BCUT2D eigenvalue weighted by atomic mass is 10.2. The number of carbonyl (C=O) groups excluding carboxylic acids is 4. The van der Waals surface area contributed by atoms with E-state index in [0.717, 1.165) is 10.6 Å². The van der Waals surface area contributed by atoms with Crippen LogP contribution in [0.3, 0.4) is 0 Å². The molecule has 0 aromatic heterocycles. The molecular weight excluding hydrogens is 328 g/mol. The number of anilines is 2. The lowest BCUT2D eigenvalue weighted by Crippen LogP contribution is -2.37. The predicted octanol–water partition coefficient (Wildman–Crippen LogP) is 0.128. The molecule has 0 radical (unpaired) electrons. The van der Waals surface area contributed by atoms with Crippen LogP contribution in [0.25, 0.3) is 0 Å². The Labute approximate surface area is 145 Å². The van der Waals surface area contributed by atoms with Crippen molar-refractivity contribution in [2.24, 2.45) is 0 Å². The van der Waals surface area contributed by atoms with Crippen molar-refractivity contribution in [3.8, 4) is 0 Å². The molecule has 25 heavy (non-hydrogen) atoms. The number of hydrogen-bond acceptors (Lipinski definition) is 6. The third-order valence-electron chi connectivity index (χ3n) is 3.55. The van der Waals surface area contributed by atoms with Gasteiger partial charge in [-0.3, -0.25) is 19.3 Å². The molecule has 0 saturated carbocycles. The molecule has 1 saturated heterocycles. The Kier molecular flexibility index (Phi) is 5.58. The van der Waals surface area contributed by atoms with Crippen LogP contribution >= 0.6 is 0 Å². The van der Waals surface area contributed by atoms with Crippen LogP contribution in [0.15, 0.2) is 24.3 Å². The third kappa shape index (κ3) is 4.69.